The van der Waals surface area contributed by atoms with Crippen LogP contribution in [0.25, 0.3) is 10.8 Å². The normalized spacial score (nSPS) is 11.5. The Morgan fingerprint density at radius 2 is 1.64 bits per heavy atom. The number of carbonyl (C=O) groups is 1. The molecule has 1 N–H and O–H groups in total. The number of benzene rings is 3. The zero-order valence-electron chi connectivity index (χ0n) is 15.6. The van der Waals surface area contributed by atoms with Gasteiger partial charge in [0.2, 0.25) is 0 Å². The zero-order valence-corrected chi connectivity index (χ0v) is 16.4. The Morgan fingerprint density at radius 1 is 1.00 bits per heavy atom. The summed E-state index contributed by atoms with van der Waals surface area (Å²) < 4.78 is 32.9. The molecule has 0 saturated carbocycles. The van der Waals surface area contributed by atoms with Crippen molar-refractivity contribution in [2.45, 2.75) is 24.8 Å². The molecule has 0 amide bonds. The molecule has 0 saturated heterocycles. The number of fused-ring (bicyclic) bond motifs is 1. The second kappa shape index (κ2) is 7.90. The number of hydrogen-bond donors (Lipinski definition) is 1. The number of ether oxygens (including phenoxy) is 1. The van der Waals surface area contributed by atoms with Crippen LogP contribution in [0.4, 0.5) is 5.69 Å². The van der Waals surface area contributed by atoms with Crippen molar-refractivity contribution in [1.29, 1.82) is 0 Å². The zero-order chi connectivity index (χ0) is 20.3. The van der Waals surface area contributed by atoms with E-state index in [4.69, 9.17) is 4.74 Å². The predicted molar refractivity (Wildman–Crippen MR) is 108 cm³/mol. The van der Waals surface area contributed by atoms with E-state index in [2.05, 4.69) is 0 Å². The molecule has 0 radical (unpaired) electrons. The number of carboxylic acids is 1. The standard InChI is InChI=1S/C21H21NO5S/c1-15(2)27-19-10-8-18(9-11-19)22(14-21(23)24)28(25,26)20-12-7-16-5-3-4-6-17(16)13-20/h3-13,15H,14H2,1-2H3,(H,23,24). The Bertz CT molecular complexity index is 1090. The highest BCUT2D eigenvalue weighted by atomic mass is 32.2. The first-order valence-electron chi connectivity index (χ1n) is 8.77. The molecule has 0 unspecified atom stereocenters. The highest BCUT2D eigenvalue weighted by molar-refractivity contribution is 7.92. The highest BCUT2D eigenvalue weighted by Crippen LogP contribution is 2.28. The van der Waals surface area contributed by atoms with Gasteiger partial charge in [0.05, 0.1) is 16.7 Å². The Balaban J connectivity index is 2.02. The Hall–Kier alpha value is -3.06. The van der Waals surface area contributed by atoms with Gasteiger partial charge in [-0.15, -0.1) is 0 Å². The average Bonchev–Trinajstić information content (AvgIpc) is 2.66. The van der Waals surface area contributed by atoms with Crippen LogP contribution in [0.5, 0.6) is 5.75 Å². The van der Waals surface area contributed by atoms with E-state index < -0.39 is 22.5 Å². The number of hydrogen-bond acceptors (Lipinski definition) is 4. The molecule has 3 aromatic carbocycles. The number of rotatable bonds is 7. The summed E-state index contributed by atoms with van der Waals surface area (Å²) in [6.45, 7) is 3.09. The van der Waals surface area contributed by atoms with Crippen LogP contribution in [0.1, 0.15) is 13.8 Å². The summed E-state index contributed by atoms with van der Waals surface area (Å²) in [5.41, 5.74) is 0.256. The molecular weight excluding hydrogens is 378 g/mol. The number of anilines is 1. The smallest absolute Gasteiger partial charge is 0.324 e. The lowest BCUT2D eigenvalue weighted by Crippen LogP contribution is -2.35. The minimum Gasteiger partial charge on any atom is -0.491 e. The Morgan fingerprint density at radius 3 is 2.25 bits per heavy atom. The Labute approximate surface area is 164 Å². The van der Waals surface area contributed by atoms with Crippen LogP contribution in [0, 0.1) is 0 Å². The average molecular weight is 399 g/mol. The van der Waals surface area contributed by atoms with Crippen molar-refractivity contribution in [2.75, 3.05) is 10.8 Å². The molecule has 3 aromatic rings. The van der Waals surface area contributed by atoms with Crippen molar-refractivity contribution in [2.24, 2.45) is 0 Å². The monoisotopic (exact) mass is 399 g/mol. The summed E-state index contributed by atoms with van der Waals surface area (Å²) in [7, 11) is -4.06. The van der Waals surface area contributed by atoms with Gasteiger partial charge < -0.3 is 9.84 Å². The maximum Gasteiger partial charge on any atom is 0.324 e. The topological polar surface area (TPSA) is 83.9 Å². The third kappa shape index (κ3) is 4.26. The van der Waals surface area contributed by atoms with Gasteiger partial charge in [0.1, 0.15) is 12.3 Å². The maximum atomic E-state index is 13.2. The van der Waals surface area contributed by atoms with Crippen LogP contribution in [0.15, 0.2) is 71.6 Å². The summed E-state index contributed by atoms with van der Waals surface area (Å²) in [6.07, 6.45) is -0.0256. The van der Waals surface area contributed by atoms with E-state index in [-0.39, 0.29) is 16.7 Å². The maximum absolute atomic E-state index is 13.2. The molecule has 146 valence electrons. The molecule has 0 bridgehead atoms. The third-order valence-electron chi connectivity index (χ3n) is 4.08. The fraction of sp³-hybridized carbons (Fsp3) is 0.190. The van der Waals surface area contributed by atoms with Gasteiger partial charge in [0.25, 0.3) is 10.0 Å². The lowest BCUT2D eigenvalue weighted by Gasteiger charge is -2.23. The van der Waals surface area contributed by atoms with Crippen molar-refractivity contribution in [3.8, 4) is 5.75 Å². The highest BCUT2D eigenvalue weighted by Gasteiger charge is 2.27. The lowest BCUT2D eigenvalue weighted by atomic mass is 10.1. The fourth-order valence-electron chi connectivity index (χ4n) is 2.86. The van der Waals surface area contributed by atoms with Crippen molar-refractivity contribution in [1.82, 2.24) is 0 Å². The molecule has 0 aliphatic carbocycles. The minimum atomic E-state index is -4.06. The predicted octanol–water partition coefficient (Wildman–Crippen LogP) is 3.91. The first-order valence-corrected chi connectivity index (χ1v) is 10.2. The van der Waals surface area contributed by atoms with Gasteiger partial charge >= 0.3 is 5.97 Å². The first kappa shape index (κ1) is 19.7. The second-order valence-electron chi connectivity index (χ2n) is 6.57. The molecule has 0 spiro atoms. The summed E-state index contributed by atoms with van der Waals surface area (Å²) in [6, 6.07) is 18.5. The van der Waals surface area contributed by atoms with Gasteiger partial charge in [-0.3, -0.25) is 9.10 Å². The van der Waals surface area contributed by atoms with Gasteiger partial charge in [0, 0.05) is 0 Å². The summed E-state index contributed by atoms with van der Waals surface area (Å²) in [5, 5.41) is 10.9. The quantitative estimate of drug-likeness (QED) is 0.651. The second-order valence-corrected chi connectivity index (χ2v) is 8.44. The van der Waals surface area contributed by atoms with E-state index in [9.17, 15) is 18.3 Å². The minimum absolute atomic E-state index is 0.0256. The van der Waals surface area contributed by atoms with E-state index in [0.717, 1.165) is 15.1 Å². The molecule has 0 aromatic heterocycles. The SMILES string of the molecule is CC(C)Oc1ccc(N(CC(=O)O)S(=O)(=O)c2ccc3ccccc3c2)cc1. The number of aliphatic carboxylic acids is 1. The van der Waals surface area contributed by atoms with Gasteiger partial charge in [-0.1, -0.05) is 30.3 Å². The van der Waals surface area contributed by atoms with Crippen LogP contribution < -0.4 is 9.04 Å². The van der Waals surface area contributed by atoms with Gasteiger partial charge in [-0.05, 0) is 61.0 Å². The van der Waals surface area contributed by atoms with E-state index in [1.165, 1.54) is 6.07 Å². The van der Waals surface area contributed by atoms with Gasteiger partial charge in [-0.25, -0.2) is 8.42 Å². The molecule has 6 nitrogen and oxygen atoms in total. The molecule has 0 aliphatic heterocycles. The van der Waals surface area contributed by atoms with Crippen molar-refractivity contribution < 1.29 is 23.1 Å². The van der Waals surface area contributed by atoms with Gasteiger partial charge in [0.15, 0.2) is 0 Å². The summed E-state index contributed by atoms with van der Waals surface area (Å²) in [4.78, 5) is 11.4. The van der Waals surface area contributed by atoms with E-state index in [1.807, 2.05) is 38.1 Å². The van der Waals surface area contributed by atoms with E-state index in [1.54, 1.807) is 36.4 Å². The van der Waals surface area contributed by atoms with Crippen LogP contribution >= 0.6 is 0 Å². The van der Waals surface area contributed by atoms with Crippen LogP contribution in [0.2, 0.25) is 0 Å². The largest absolute Gasteiger partial charge is 0.491 e. The third-order valence-corrected chi connectivity index (χ3v) is 5.85. The molecule has 0 atom stereocenters. The summed E-state index contributed by atoms with van der Waals surface area (Å²) in [5.74, 6) is -0.663. The molecular formula is C21H21NO5S. The molecule has 28 heavy (non-hydrogen) atoms. The molecule has 0 fully saturated rings. The van der Waals surface area contributed by atoms with Crippen LogP contribution in [-0.4, -0.2) is 32.1 Å². The van der Waals surface area contributed by atoms with Gasteiger partial charge in [-0.2, -0.15) is 0 Å². The fourth-order valence-corrected chi connectivity index (χ4v) is 4.31. The van der Waals surface area contributed by atoms with Crippen molar-refractivity contribution in [3.05, 3.63) is 66.7 Å². The van der Waals surface area contributed by atoms with Crippen LogP contribution in [-0.2, 0) is 14.8 Å². The number of nitrogens with zero attached hydrogens (tertiary/aromatic N) is 1. The molecule has 0 heterocycles. The van der Waals surface area contributed by atoms with E-state index >= 15 is 0 Å². The first-order chi connectivity index (χ1) is 13.3. The lowest BCUT2D eigenvalue weighted by molar-refractivity contribution is -0.135. The van der Waals surface area contributed by atoms with Crippen molar-refractivity contribution in [3.63, 3.8) is 0 Å². The molecule has 0 aliphatic rings. The Kier molecular flexibility index (Phi) is 5.56. The molecule has 3 rings (SSSR count). The van der Waals surface area contributed by atoms with E-state index in [0.29, 0.717) is 5.75 Å². The van der Waals surface area contributed by atoms with Crippen LogP contribution in [0.3, 0.4) is 0 Å². The molecule has 7 heteroatoms. The number of carboxylic acid groups (broad SMARTS) is 1. The van der Waals surface area contributed by atoms with Crippen molar-refractivity contribution >= 4 is 32.5 Å². The summed E-state index contributed by atoms with van der Waals surface area (Å²) >= 11 is 0. The number of sulfonamides is 1.